The molecule has 270 valence electrons. The molecule has 0 fully saturated rings. The van der Waals surface area contributed by atoms with Gasteiger partial charge in [-0.15, -0.1) is 0 Å². The summed E-state index contributed by atoms with van der Waals surface area (Å²) in [5.41, 5.74) is -0.767. The fourth-order valence-corrected chi connectivity index (χ4v) is 5.47. The van der Waals surface area contributed by atoms with E-state index in [1.165, 1.54) is 116 Å². The number of aliphatic hydroxyl groups is 1. The second-order valence-electron chi connectivity index (χ2n) is 14.0. The van der Waals surface area contributed by atoms with Crippen molar-refractivity contribution < 1.29 is 24.2 Å². The fourth-order valence-electron chi connectivity index (χ4n) is 5.47. The highest BCUT2D eigenvalue weighted by molar-refractivity contribution is 5.69. The van der Waals surface area contributed by atoms with Crippen LogP contribution in [0, 0.1) is 5.41 Å². The number of carbonyl (C=O) groups excluding carboxylic acids is 2. The van der Waals surface area contributed by atoms with Crippen LogP contribution in [0.3, 0.4) is 0 Å². The Labute approximate surface area is 285 Å². The highest BCUT2D eigenvalue weighted by Gasteiger charge is 2.27. The van der Waals surface area contributed by atoms with Gasteiger partial charge in [0.25, 0.3) is 0 Å². The Hall–Kier alpha value is -1.62. The van der Waals surface area contributed by atoms with Gasteiger partial charge < -0.3 is 14.6 Å². The lowest BCUT2D eigenvalue weighted by Gasteiger charge is -2.26. The Bertz CT molecular complexity index is 672. The first-order valence-corrected chi connectivity index (χ1v) is 19.7. The van der Waals surface area contributed by atoms with E-state index in [9.17, 15) is 14.7 Å². The fraction of sp³-hybridized carbons (Fsp3) is 0.854. The van der Waals surface area contributed by atoms with Gasteiger partial charge in [-0.05, 0) is 64.2 Å². The SMILES string of the molecule is CCCCCCCC/C=C/CCCCCCCC(=O)OCC(C)(CO)COC(=O)CCCCCCC/C=C/CCCCCCCC. The summed E-state index contributed by atoms with van der Waals surface area (Å²) in [7, 11) is 0. The van der Waals surface area contributed by atoms with E-state index in [0.29, 0.717) is 12.8 Å². The molecule has 0 unspecified atom stereocenters. The predicted octanol–water partition coefficient (Wildman–Crippen LogP) is 12.1. The molecule has 5 heteroatoms. The van der Waals surface area contributed by atoms with Crippen molar-refractivity contribution in [2.24, 2.45) is 5.41 Å². The maximum absolute atomic E-state index is 12.2. The summed E-state index contributed by atoms with van der Waals surface area (Å²) in [5, 5.41) is 9.85. The molecular formula is C41H76O5. The van der Waals surface area contributed by atoms with E-state index >= 15 is 0 Å². The van der Waals surface area contributed by atoms with E-state index in [1.807, 2.05) is 0 Å². The van der Waals surface area contributed by atoms with Crippen molar-refractivity contribution in [3.05, 3.63) is 24.3 Å². The molecule has 0 saturated heterocycles. The minimum atomic E-state index is -0.767. The van der Waals surface area contributed by atoms with Gasteiger partial charge in [0.05, 0.1) is 12.0 Å². The molecule has 0 aliphatic rings. The summed E-state index contributed by atoms with van der Waals surface area (Å²) in [6.07, 6.45) is 41.9. The Morgan fingerprint density at radius 2 is 0.761 bits per heavy atom. The molecule has 46 heavy (non-hydrogen) atoms. The predicted molar refractivity (Wildman–Crippen MR) is 196 cm³/mol. The molecule has 0 aliphatic heterocycles. The maximum atomic E-state index is 12.2. The van der Waals surface area contributed by atoms with E-state index < -0.39 is 5.41 Å². The van der Waals surface area contributed by atoms with Crippen LogP contribution in [0.15, 0.2) is 24.3 Å². The smallest absolute Gasteiger partial charge is 0.305 e. The maximum Gasteiger partial charge on any atom is 0.305 e. The van der Waals surface area contributed by atoms with Crippen LogP contribution >= 0.6 is 0 Å². The molecule has 0 bridgehead atoms. The molecule has 0 spiro atoms. The number of ether oxygens (including phenoxy) is 2. The zero-order valence-corrected chi connectivity index (χ0v) is 30.8. The van der Waals surface area contributed by atoms with E-state index in [-0.39, 0.29) is 31.8 Å². The molecule has 5 nitrogen and oxygen atoms in total. The number of carbonyl (C=O) groups is 2. The van der Waals surface area contributed by atoms with Crippen LogP contribution in [0.5, 0.6) is 0 Å². The van der Waals surface area contributed by atoms with Crippen LogP contribution in [0.1, 0.15) is 201 Å². The van der Waals surface area contributed by atoms with E-state index in [4.69, 9.17) is 9.47 Å². The number of esters is 2. The molecule has 0 radical (unpaired) electrons. The number of aliphatic hydroxyl groups excluding tert-OH is 1. The molecule has 0 aliphatic carbocycles. The number of hydrogen-bond donors (Lipinski definition) is 1. The normalized spacial score (nSPS) is 12.0. The Morgan fingerprint density at radius 1 is 0.478 bits per heavy atom. The van der Waals surface area contributed by atoms with Crippen molar-refractivity contribution >= 4 is 11.9 Å². The summed E-state index contributed by atoms with van der Waals surface area (Å²) >= 11 is 0. The zero-order valence-electron chi connectivity index (χ0n) is 30.8. The number of unbranched alkanes of at least 4 members (excludes halogenated alkanes) is 22. The molecule has 0 aromatic heterocycles. The third kappa shape index (κ3) is 32.3. The van der Waals surface area contributed by atoms with Crippen LogP contribution < -0.4 is 0 Å². The minimum absolute atomic E-state index is 0.0636. The highest BCUT2D eigenvalue weighted by Crippen LogP contribution is 2.19. The molecule has 0 aromatic carbocycles. The molecule has 0 heterocycles. The van der Waals surface area contributed by atoms with Gasteiger partial charge in [0.1, 0.15) is 13.2 Å². The number of rotatable bonds is 35. The number of hydrogen-bond acceptors (Lipinski definition) is 5. The third-order valence-electron chi connectivity index (χ3n) is 8.83. The van der Waals surface area contributed by atoms with Crippen LogP contribution in [0.2, 0.25) is 0 Å². The van der Waals surface area contributed by atoms with Crippen molar-refractivity contribution in [3.8, 4) is 0 Å². The van der Waals surface area contributed by atoms with Gasteiger partial charge in [-0.3, -0.25) is 9.59 Å². The highest BCUT2D eigenvalue weighted by atomic mass is 16.5. The summed E-state index contributed by atoms with van der Waals surface area (Å²) < 4.78 is 10.9. The van der Waals surface area contributed by atoms with Gasteiger partial charge >= 0.3 is 11.9 Å². The third-order valence-corrected chi connectivity index (χ3v) is 8.83. The average molecular weight is 649 g/mol. The molecular weight excluding hydrogens is 572 g/mol. The van der Waals surface area contributed by atoms with Gasteiger partial charge in [-0.2, -0.15) is 0 Å². The lowest BCUT2D eigenvalue weighted by molar-refractivity contribution is -0.155. The van der Waals surface area contributed by atoms with Crippen molar-refractivity contribution in [1.82, 2.24) is 0 Å². The Morgan fingerprint density at radius 3 is 1.07 bits per heavy atom. The first kappa shape index (κ1) is 44.4. The van der Waals surface area contributed by atoms with Crippen LogP contribution in [-0.2, 0) is 19.1 Å². The topological polar surface area (TPSA) is 72.8 Å². The largest absolute Gasteiger partial charge is 0.465 e. The molecule has 0 saturated carbocycles. The van der Waals surface area contributed by atoms with E-state index in [2.05, 4.69) is 38.2 Å². The van der Waals surface area contributed by atoms with Crippen LogP contribution in [-0.4, -0.2) is 36.9 Å². The quantitative estimate of drug-likeness (QED) is 0.0420. The van der Waals surface area contributed by atoms with E-state index in [0.717, 1.165) is 51.4 Å². The Balaban J connectivity index is 3.69. The van der Waals surface area contributed by atoms with E-state index in [1.54, 1.807) is 6.92 Å². The first-order chi connectivity index (χ1) is 22.5. The van der Waals surface area contributed by atoms with Crippen molar-refractivity contribution in [3.63, 3.8) is 0 Å². The summed E-state index contributed by atoms with van der Waals surface area (Å²) in [5.74, 6) is -0.478. The van der Waals surface area contributed by atoms with Gasteiger partial charge in [0.15, 0.2) is 0 Å². The summed E-state index contributed by atoms with van der Waals surface area (Å²) in [4.78, 5) is 24.4. The standard InChI is InChI=1S/C41H76O5/c1-4-6-8-10-12-14-16-18-20-22-24-26-28-30-32-34-39(43)45-37-41(3,36-42)38-46-40(44)35-33-31-29-27-25-23-21-19-17-15-13-11-9-7-5-2/h18-21,42H,4-17,22-38H2,1-3H3/b20-18+,21-19+. The summed E-state index contributed by atoms with van der Waals surface area (Å²) in [6, 6.07) is 0. The van der Waals surface area contributed by atoms with Gasteiger partial charge in [0, 0.05) is 12.8 Å². The van der Waals surface area contributed by atoms with Crippen LogP contribution in [0.25, 0.3) is 0 Å². The number of allylic oxidation sites excluding steroid dienone is 4. The van der Waals surface area contributed by atoms with Gasteiger partial charge in [-0.1, -0.05) is 148 Å². The monoisotopic (exact) mass is 649 g/mol. The molecule has 0 aromatic rings. The van der Waals surface area contributed by atoms with Crippen LogP contribution in [0.4, 0.5) is 0 Å². The second-order valence-corrected chi connectivity index (χ2v) is 14.0. The molecule has 0 amide bonds. The van der Waals surface area contributed by atoms with Crippen molar-refractivity contribution in [2.75, 3.05) is 19.8 Å². The first-order valence-electron chi connectivity index (χ1n) is 19.7. The molecule has 0 atom stereocenters. The Kier molecular flexibility index (Phi) is 33.5. The van der Waals surface area contributed by atoms with Gasteiger partial charge in [-0.25, -0.2) is 0 Å². The second kappa shape index (κ2) is 34.7. The molecule has 0 rings (SSSR count). The summed E-state index contributed by atoms with van der Waals surface area (Å²) in [6.45, 7) is 6.24. The average Bonchev–Trinajstić information content (AvgIpc) is 3.06. The zero-order chi connectivity index (χ0) is 33.8. The molecule has 1 N–H and O–H groups in total. The lowest BCUT2D eigenvalue weighted by Crippen LogP contribution is -2.35. The van der Waals surface area contributed by atoms with Gasteiger partial charge in [0.2, 0.25) is 0 Å². The lowest BCUT2D eigenvalue weighted by atomic mass is 9.94. The van der Waals surface area contributed by atoms with Crippen molar-refractivity contribution in [2.45, 2.75) is 201 Å². The minimum Gasteiger partial charge on any atom is -0.465 e. The van der Waals surface area contributed by atoms with Crippen molar-refractivity contribution in [1.29, 1.82) is 0 Å².